The third-order valence-electron chi connectivity index (χ3n) is 1.83. The molecule has 1 atom stereocenters. The molecule has 3 heteroatoms. The van der Waals surface area contributed by atoms with E-state index >= 15 is 0 Å². The van der Waals surface area contributed by atoms with E-state index in [0.717, 1.165) is 23.9 Å². The quantitative estimate of drug-likeness (QED) is 0.789. The molecule has 1 heterocycles. The number of hydrogen-bond acceptors (Lipinski definition) is 3. The summed E-state index contributed by atoms with van der Waals surface area (Å²) < 4.78 is 5.24. The molecule has 80 valence electrons. The van der Waals surface area contributed by atoms with Crippen LogP contribution in [0.4, 0.5) is 0 Å². The highest BCUT2D eigenvalue weighted by molar-refractivity contribution is 7.99. The first-order chi connectivity index (χ1) is 6.68. The molecule has 1 unspecified atom stereocenters. The Morgan fingerprint density at radius 1 is 1.43 bits per heavy atom. The summed E-state index contributed by atoms with van der Waals surface area (Å²) in [5.41, 5.74) is 5.97. The molecule has 0 saturated carbocycles. The molecular weight excluding hydrogens is 194 g/mol. The summed E-state index contributed by atoms with van der Waals surface area (Å²) in [6, 6.07) is 4.10. The number of rotatable bonds is 6. The Bertz CT molecular complexity index is 233. The van der Waals surface area contributed by atoms with E-state index < -0.39 is 0 Å². The molecule has 0 aliphatic carbocycles. The highest BCUT2D eigenvalue weighted by atomic mass is 32.2. The molecular formula is C11H19NOS. The maximum atomic E-state index is 5.97. The second-order valence-corrected chi connectivity index (χ2v) is 5.05. The zero-order valence-electron chi connectivity index (χ0n) is 8.90. The van der Waals surface area contributed by atoms with Gasteiger partial charge in [-0.2, -0.15) is 11.8 Å². The van der Waals surface area contributed by atoms with Crippen LogP contribution in [0, 0.1) is 5.92 Å². The molecule has 1 rings (SSSR count). The van der Waals surface area contributed by atoms with Crippen molar-refractivity contribution >= 4 is 11.8 Å². The van der Waals surface area contributed by atoms with E-state index in [1.807, 2.05) is 23.9 Å². The summed E-state index contributed by atoms with van der Waals surface area (Å²) in [5.74, 6) is 3.93. The summed E-state index contributed by atoms with van der Waals surface area (Å²) in [7, 11) is 0. The summed E-state index contributed by atoms with van der Waals surface area (Å²) in [6.07, 6.45) is 2.54. The summed E-state index contributed by atoms with van der Waals surface area (Å²) >= 11 is 1.92. The molecule has 0 spiro atoms. The summed E-state index contributed by atoms with van der Waals surface area (Å²) in [6.45, 7) is 4.45. The first-order valence-electron chi connectivity index (χ1n) is 5.04. The zero-order valence-corrected chi connectivity index (χ0v) is 9.72. The third kappa shape index (κ3) is 4.72. The van der Waals surface area contributed by atoms with E-state index in [0.29, 0.717) is 0 Å². The molecule has 0 aromatic carbocycles. The van der Waals surface area contributed by atoms with Crippen LogP contribution in [0.3, 0.4) is 0 Å². The van der Waals surface area contributed by atoms with Gasteiger partial charge < -0.3 is 10.2 Å². The number of nitrogens with two attached hydrogens (primary N) is 1. The van der Waals surface area contributed by atoms with Crippen LogP contribution in [0.5, 0.6) is 0 Å². The Kier molecular flexibility index (Phi) is 5.12. The fourth-order valence-electron chi connectivity index (χ4n) is 1.20. The molecule has 1 aromatic heterocycles. The van der Waals surface area contributed by atoms with Gasteiger partial charge in [-0.25, -0.2) is 0 Å². The van der Waals surface area contributed by atoms with Crippen molar-refractivity contribution in [2.75, 3.05) is 11.5 Å². The van der Waals surface area contributed by atoms with Gasteiger partial charge in [0.15, 0.2) is 0 Å². The minimum absolute atomic E-state index is 0.213. The lowest BCUT2D eigenvalue weighted by molar-refractivity contribution is 0.493. The Morgan fingerprint density at radius 2 is 2.21 bits per heavy atom. The van der Waals surface area contributed by atoms with Crippen molar-refractivity contribution in [2.45, 2.75) is 26.3 Å². The average Bonchev–Trinajstić information content (AvgIpc) is 2.56. The van der Waals surface area contributed by atoms with Crippen molar-refractivity contribution in [3.8, 4) is 0 Å². The molecule has 0 radical (unpaired) electrons. The lowest BCUT2D eigenvalue weighted by Crippen LogP contribution is -2.25. The molecule has 1 aromatic rings. The van der Waals surface area contributed by atoms with E-state index in [1.165, 1.54) is 5.75 Å². The van der Waals surface area contributed by atoms with Crippen molar-refractivity contribution in [3.05, 3.63) is 24.2 Å². The maximum Gasteiger partial charge on any atom is 0.105 e. The van der Waals surface area contributed by atoms with E-state index in [2.05, 4.69) is 13.8 Å². The maximum absolute atomic E-state index is 5.97. The molecule has 2 nitrogen and oxygen atoms in total. The molecule has 0 fully saturated rings. The lowest BCUT2D eigenvalue weighted by atomic mass is 10.2. The standard InChI is InChI=1S/C11H19NOS/c1-9(2)7-14-8-10(12)6-11-4-3-5-13-11/h3-5,9-10H,6-8,12H2,1-2H3. The minimum Gasteiger partial charge on any atom is -0.469 e. The second-order valence-electron chi connectivity index (χ2n) is 3.97. The van der Waals surface area contributed by atoms with Crippen molar-refractivity contribution in [1.29, 1.82) is 0 Å². The largest absolute Gasteiger partial charge is 0.469 e. The Hall–Kier alpha value is -0.410. The monoisotopic (exact) mass is 213 g/mol. The normalized spacial score (nSPS) is 13.4. The van der Waals surface area contributed by atoms with Crippen LogP contribution >= 0.6 is 11.8 Å². The predicted molar refractivity (Wildman–Crippen MR) is 62.6 cm³/mol. The van der Waals surface area contributed by atoms with E-state index in [1.54, 1.807) is 6.26 Å². The van der Waals surface area contributed by atoms with E-state index in [4.69, 9.17) is 10.2 Å². The van der Waals surface area contributed by atoms with Crippen molar-refractivity contribution in [2.24, 2.45) is 11.7 Å². The Labute approximate surface area is 90.2 Å². The summed E-state index contributed by atoms with van der Waals surface area (Å²) in [4.78, 5) is 0. The van der Waals surface area contributed by atoms with Crippen molar-refractivity contribution in [1.82, 2.24) is 0 Å². The predicted octanol–water partition coefficient (Wildman–Crippen LogP) is 2.54. The molecule has 0 bridgehead atoms. The van der Waals surface area contributed by atoms with Crippen LogP contribution in [-0.2, 0) is 6.42 Å². The van der Waals surface area contributed by atoms with E-state index in [-0.39, 0.29) is 6.04 Å². The first-order valence-corrected chi connectivity index (χ1v) is 6.19. The van der Waals surface area contributed by atoms with Gasteiger partial charge in [0.2, 0.25) is 0 Å². The molecule has 2 N–H and O–H groups in total. The molecule has 0 aliphatic heterocycles. The molecule has 14 heavy (non-hydrogen) atoms. The zero-order chi connectivity index (χ0) is 10.4. The highest BCUT2D eigenvalue weighted by Gasteiger charge is 2.06. The smallest absolute Gasteiger partial charge is 0.105 e. The fourth-order valence-corrected chi connectivity index (χ4v) is 2.23. The average molecular weight is 213 g/mol. The van der Waals surface area contributed by atoms with Gasteiger partial charge in [0, 0.05) is 18.2 Å². The van der Waals surface area contributed by atoms with Gasteiger partial charge in [0.1, 0.15) is 5.76 Å². The van der Waals surface area contributed by atoms with Crippen LogP contribution in [-0.4, -0.2) is 17.5 Å². The SMILES string of the molecule is CC(C)CSCC(N)Cc1ccco1. The lowest BCUT2D eigenvalue weighted by Gasteiger charge is -2.10. The van der Waals surface area contributed by atoms with Crippen molar-refractivity contribution in [3.63, 3.8) is 0 Å². The second kappa shape index (κ2) is 6.14. The topological polar surface area (TPSA) is 39.2 Å². The Morgan fingerprint density at radius 3 is 2.79 bits per heavy atom. The minimum atomic E-state index is 0.213. The number of thioether (sulfide) groups is 1. The number of furan rings is 1. The molecule has 0 saturated heterocycles. The molecule has 0 aliphatic rings. The Balaban J connectivity index is 2.13. The van der Waals surface area contributed by atoms with Crippen LogP contribution < -0.4 is 5.73 Å². The third-order valence-corrected chi connectivity index (χ3v) is 3.39. The van der Waals surface area contributed by atoms with Crippen LogP contribution in [0.15, 0.2) is 22.8 Å². The van der Waals surface area contributed by atoms with Gasteiger partial charge in [-0.05, 0) is 23.8 Å². The van der Waals surface area contributed by atoms with Gasteiger partial charge in [-0.1, -0.05) is 13.8 Å². The van der Waals surface area contributed by atoms with Gasteiger partial charge in [-0.15, -0.1) is 0 Å². The number of hydrogen-bond donors (Lipinski definition) is 1. The van der Waals surface area contributed by atoms with Crippen LogP contribution in [0.25, 0.3) is 0 Å². The van der Waals surface area contributed by atoms with Gasteiger partial charge in [0.25, 0.3) is 0 Å². The molecule has 0 amide bonds. The van der Waals surface area contributed by atoms with Crippen LogP contribution in [0.2, 0.25) is 0 Å². The highest BCUT2D eigenvalue weighted by Crippen LogP contribution is 2.11. The van der Waals surface area contributed by atoms with Crippen LogP contribution in [0.1, 0.15) is 19.6 Å². The van der Waals surface area contributed by atoms with Gasteiger partial charge in [-0.3, -0.25) is 0 Å². The first kappa shape index (κ1) is 11.7. The summed E-state index contributed by atoms with van der Waals surface area (Å²) in [5, 5.41) is 0. The van der Waals surface area contributed by atoms with Gasteiger partial charge in [0.05, 0.1) is 6.26 Å². The van der Waals surface area contributed by atoms with Crippen molar-refractivity contribution < 1.29 is 4.42 Å². The fraction of sp³-hybridized carbons (Fsp3) is 0.636. The van der Waals surface area contributed by atoms with Gasteiger partial charge >= 0.3 is 0 Å². The van der Waals surface area contributed by atoms with E-state index in [9.17, 15) is 0 Å².